The van der Waals surface area contributed by atoms with Gasteiger partial charge in [0.15, 0.2) is 0 Å². The first-order valence-electron chi connectivity index (χ1n) is 5.36. The Morgan fingerprint density at radius 1 is 1.19 bits per heavy atom. The predicted octanol–water partition coefficient (Wildman–Crippen LogP) is 3.35. The predicted molar refractivity (Wildman–Crippen MR) is 62.7 cm³/mol. The fourth-order valence-electron chi connectivity index (χ4n) is 1.68. The summed E-state index contributed by atoms with van der Waals surface area (Å²) in [5.74, 6) is 0.135. The van der Waals surface area contributed by atoms with Gasteiger partial charge in [0.1, 0.15) is 5.82 Å². The van der Waals surface area contributed by atoms with E-state index in [0.717, 1.165) is 16.7 Å². The van der Waals surface area contributed by atoms with E-state index in [1.807, 2.05) is 19.3 Å². The fraction of sp³-hybridized carbons (Fsp3) is 0.308. The van der Waals surface area contributed by atoms with Crippen molar-refractivity contribution in [2.75, 3.05) is 0 Å². The average Bonchev–Trinajstić information content (AvgIpc) is 2.64. The van der Waals surface area contributed by atoms with Crippen molar-refractivity contribution < 1.29 is 4.39 Å². The van der Waals surface area contributed by atoms with Crippen LogP contribution in [0.4, 0.5) is 4.39 Å². The van der Waals surface area contributed by atoms with Crippen molar-refractivity contribution in [1.29, 1.82) is 0 Å². The van der Waals surface area contributed by atoms with Gasteiger partial charge in [0.05, 0.1) is 6.20 Å². The number of nitrogens with zero attached hydrogens (tertiary/aromatic N) is 2. The molecule has 0 spiro atoms. The molecular formula is C13H15FN2. The summed E-state index contributed by atoms with van der Waals surface area (Å²) in [4.78, 5) is 0. The normalized spacial score (nSPS) is 11.1. The Kier molecular flexibility index (Phi) is 2.77. The smallest absolute Gasteiger partial charge is 0.124 e. The highest BCUT2D eigenvalue weighted by molar-refractivity contribution is 5.62. The number of benzene rings is 1. The van der Waals surface area contributed by atoms with Crippen LogP contribution in [0.3, 0.4) is 0 Å². The van der Waals surface area contributed by atoms with Crippen LogP contribution in [0, 0.1) is 5.82 Å². The molecule has 0 aliphatic carbocycles. The lowest BCUT2D eigenvalue weighted by atomic mass is 9.98. The van der Waals surface area contributed by atoms with Crippen molar-refractivity contribution in [3.8, 4) is 11.1 Å². The van der Waals surface area contributed by atoms with E-state index in [9.17, 15) is 4.39 Å². The molecule has 1 aromatic heterocycles. The van der Waals surface area contributed by atoms with E-state index in [2.05, 4.69) is 18.9 Å². The molecular weight excluding hydrogens is 203 g/mol. The van der Waals surface area contributed by atoms with Crippen molar-refractivity contribution in [1.82, 2.24) is 9.78 Å². The molecule has 2 nitrogen and oxygen atoms in total. The first-order valence-corrected chi connectivity index (χ1v) is 5.36. The van der Waals surface area contributed by atoms with Gasteiger partial charge >= 0.3 is 0 Å². The molecule has 0 aliphatic heterocycles. The van der Waals surface area contributed by atoms with Gasteiger partial charge in [-0.05, 0) is 29.2 Å². The first-order chi connectivity index (χ1) is 7.56. The molecule has 0 fully saturated rings. The van der Waals surface area contributed by atoms with Gasteiger partial charge in [0.2, 0.25) is 0 Å². The summed E-state index contributed by atoms with van der Waals surface area (Å²) in [6.07, 6.45) is 3.64. The zero-order valence-electron chi connectivity index (χ0n) is 9.74. The summed E-state index contributed by atoms with van der Waals surface area (Å²) in [5.41, 5.74) is 2.85. The molecule has 0 unspecified atom stereocenters. The Hall–Kier alpha value is -1.64. The van der Waals surface area contributed by atoms with Gasteiger partial charge in [0, 0.05) is 18.8 Å². The highest BCUT2D eigenvalue weighted by Crippen LogP contribution is 2.25. The van der Waals surface area contributed by atoms with Crippen LogP contribution in [0.15, 0.2) is 30.6 Å². The molecule has 1 heterocycles. The lowest BCUT2D eigenvalue weighted by molar-refractivity contribution is 0.624. The molecule has 0 bridgehead atoms. The Balaban J connectivity index is 2.49. The zero-order chi connectivity index (χ0) is 11.7. The number of aromatic nitrogens is 2. The van der Waals surface area contributed by atoms with Gasteiger partial charge in [-0.15, -0.1) is 0 Å². The highest BCUT2D eigenvalue weighted by Gasteiger charge is 2.07. The van der Waals surface area contributed by atoms with Crippen LogP contribution in [0.25, 0.3) is 11.1 Å². The second-order valence-electron chi connectivity index (χ2n) is 4.33. The van der Waals surface area contributed by atoms with Crippen LogP contribution < -0.4 is 0 Å². The topological polar surface area (TPSA) is 17.8 Å². The molecule has 0 amide bonds. The van der Waals surface area contributed by atoms with Gasteiger partial charge in [-0.25, -0.2) is 4.39 Å². The van der Waals surface area contributed by atoms with Crippen molar-refractivity contribution in [2.24, 2.45) is 7.05 Å². The molecule has 2 aromatic rings. The molecule has 3 heteroatoms. The summed E-state index contributed by atoms with van der Waals surface area (Å²) < 4.78 is 15.2. The van der Waals surface area contributed by atoms with Gasteiger partial charge in [-0.3, -0.25) is 4.68 Å². The van der Waals surface area contributed by atoms with Crippen molar-refractivity contribution >= 4 is 0 Å². The van der Waals surface area contributed by atoms with Crippen LogP contribution in [0.2, 0.25) is 0 Å². The minimum Gasteiger partial charge on any atom is -0.275 e. The van der Waals surface area contributed by atoms with Gasteiger partial charge < -0.3 is 0 Å². The molecule has 0 N–H and O–H groups in total. The van der Waals surface area contributed by atoms with Crippen LogP contribution in [-0.4, -0.2) is 9.78 Å². The number of hydrogen-bond acceptors (Lipinski definition) is 1. The molecule has 0 saturated heterocycles. The summed E-state index contributed by atoms with van der Waals surface area (Å²) in [6.45, 7) is 4.11. The quantitative estimate of drug-likeness (QED) is 0.755. The van der Waals surface area contributed by atoms with Gasteiger partial charge in [-0.2, -0.15) is 5.10 Å². The Labute approximate surface area is 94.7 Å². The third kappa shape index (κ3) is 2.13. The Bertz CT molecular complexity index is 500. The molecule has 2 rings (SSSR count). The third-order valence-corrected chi connectivity index (χ3v) is 2.62. The molecule has 16 heavy (non-hydrogen) atoms. The minimum absolute atomic E-state index is 0.190. The summed E-state index contributed by atoms with van der Waals surface area (Å²) in [7, 11) is 1.85. The van der Waals surface area contributed by atoms with E-state index in [4.69, 9.17) is 0 Å². The lowest BCUT2D eigenvalue weighted by Crippen LogP contribution is -1.90. The van der Waals surface area contributed by atoms with E-state index in [1.54, 1.807) is 23.0 Å². The van der Waals surface area contributed by atoms with E-state index in [1.165, 1.54) is 0 Å². The first kappa shape index (κ1) is 10.9. The van der Waals surface area contributed by atoms with E-state index in [0.29, 0.717) is 5.92 Å². The average molecular weight is 218 g/mol. The van der Waals surface area contributed by atoms with Crippen LogP contribution in [0.5, 0.6) is 0 Å². The van der Waals surface area contributed by atoms with Crippen molar-refractivity contribution in [3.63, 3.8) is 0 Å². The molecule has 0 radical (unpaired) electrons. The summed E-state index contributed by atoms with van der Waals surface area (Å²) in [6, 6.07) is 5.15. The van der Waals surface area contributed by atoms with E-state index in [-0.39, 0.29) is 5.82 Å². The Morgan fingerprint density at radius 3 is 2.50 bits per heavy atom. The monoisotopic (exact) mass is 218 g/mol. The van der Waals surface area contributed by atoms with Crippen LogP contribution >= 0.6 is 0 Å². The van der Waals surface area contributed by atoms with Gasteiger partial charge in [-0.1, -0.05) is 19.9 Å². The standard InChI is InChI=1S/C13H15FN2/c1-9(2)10-4-11(6-13(14)5-10)12-7-15-16(3)8-12/h4-9H,1-3H3. The highest BCUT2D eigenvalue weighted by atomic mass is 19.1. The minimum atomic E-state index is -0.190. The van der Waals surface area contributed by atoms with Crippen molar-refractivity contribution in [3.05, 3.63) is 42.0 Å². The van der Waals surface area contributed by atoms with Gasteiger partial charge in [0.25, 0.3) is 0 Å². The summed E-state index contributed by atoms with van der Waals surface area (Å²) >= 11 is 0. The molecule has 0 atom stereocenters. The largest absolute Gasteiger partial charge is 0.275 e. The third-order valence-electron chi connectivity index (χ3n) is 2.62. The SMILES string of the molecule is CC(C)c1cc(F)cc(-c2cnn(C)c2)c1. The fourth-order valence-corrected chi connectivity index (χ4v) is 1.68. The molecule has 84 valence electrons. The van der Waals surface area contributed by atoms with E-state index >= 15 is 0 Å². The maximum Gasteiger partial charge on any atom is 0.124 e. The number of aryl methyl sites for hydroxylation is 1. The molecule has 1 aromatic carbocycles. The molecule has 0 saturated carbocycles. The molecule has 0 aliphatic rings. The van der Waals surface area contributed by atoms with Crippen LogP contribution in [0.1, 0.15) is 25.3 Å². The second-order valence-corrected chi connectivity index (χ2v) is 4.33. The Morgan fingerprint density at radius 2 is 1.94 bits per heavy atom. The number of halogens is 1. The number of rotatable bonds is 2. The maximum atomic E-state index is 13.5. The van der Waals surface area contributed by atoms with Crippen LogP contribution in [-0.2, 0) is 7.05 Å². The second kappa shape index (κ2) is 4.08. The lowest BCUT2D eigenvalue weighted by Gasteiger charge is -2.07. The number of hydrogen-bond donors (Lipinski definition) is 0. The van der Waals surface area contributed by atoms with Crippen molar-refractivity contribution in [2.45, 2.75) is 19.8 Å². The zero-order valence-corrected chi connectivity index (χ0v) is 9.74. The van der Waals surface area contributed by atoms with E-state index < -0.39 is 0 Å². The summed E-state index contributed by atoms with van der Waals surface area (Å²) in [5, 5.41) is 4.09. The maximum absolute atomic E-state index is 13.5.